The lowest BCUT2D eigenvalue weighted by Gasteiger charge is -2.26. The standard InChI is InChI=1S/C13H30N2O/c1-5-13(6-2)15(4)11-10-14-9-8-12-16-7-3/h13-14H,5-12H2,1-4H3. The first-order chi connectivity index (χ1) is 7.76. The van der Waals surface area contributed by atoms with Gasteiger partial charge in [-0.2, -0.15) is 0 Å². The van der Waals surface area contributed by atoms with Gasteiger partial charge < -0.3 is 15.0 Å². The summed E-state index contributed by atoms with van der Waals surface area (Å²) in [5, 5.41) is 3.46. The summed E-state index contributed by atoms with van der Waals surface area (Å²) in [6, 6.07) is 0.741. The van der Waals surface area contributed by atoms with Gasteiger partial charge in [-0.25, -0.2) is 0 Å². The molecule has 0 aliphatic heterocycles. The van der Waals surface area contributed by atoms with Crippen molar-refractivity contribution in [3.05, 3.63) is 0 Å². The van der Waals surface area contributed by atoms with Crippen molar-refractivity contribution < 1.29 is 4.74 Å². The van der Waals surface area contributed by atoms with Crippen molar-refractivity contribution >= 4 is 0 Å². The zero-order chi connectivity index (χ0) is 12.2. The van der Waals surface area contributed by atoms with E-state index in [1.54, 1.807) is 0 Å². The van der Waals surface area contributed by atoms with Gasteiger partial charge in [0.25, 0.3) is 0 Å². The molecule has 0 radical (unpaired) electrons. The van der Waals surface area contributed by atoms with Crippen LogP contribution in [0.15, 0.2) is 0 Å². The monoisotopic (exact) mass is 230 g/mol. The van der Waals surface area contributed by atoms with Crippen LogP contribution in [0.5, 0.6) is 0 Å². The quantitative estimate of drug-likeness (QED) is 0.550. The van der Waals surface area contributed by atoms with Crippen molar-refractivity contribution in [3.8, 4) is 0 Å². The lowest BCUT2D eigenvalue weighted by Crippen LogP contribution is -2.36. The minimum Gasteiger partial charge on any atom is -0.382 e. The Kier molecular flexibility index (Phi) is 11.3. The predicted octanol–water partition coefficient (Wildman–Crippen LogP) is 2.12. The second-order valence-corrected chi connectivity index (χ2v) is 4.25. The van der Waals surface area contributed by atoms with E-state index < -0.39 is 0 Å². The number of rotatable bonds is 11. The fourth-order valence-corrected chi connectivity index (χ4v) is 1.92. The number of likely N-dealkylation sites (N-methyl/N-ethyl adjacent to an activating group) is 1. The third-order valence-corrected chi connectivity index (χ3v) is 3.05. The van der Waals surface area contributed by atoms with E-state index in [4.69, 9.17) is 4.74 Å². The van der Waals surface area contributed by atoms with Crippen LogP contribution in [0.2, 0.25) is 0 Å². The Morgan fingerprint density at radius 2 is 1.81 bits per heavy atom. The Hall–Kier alpha value is -0.120. The predicted molar refractivity (Wildman–Crippen MR) is 71.0 cm³/mol. The lowest BCUT2D eigenvalue weighted by molar-refractivity contribution is 0.144. The van der Waals surface area contributed by atoms with Crippen LogP contribution in [-0.2, 0) is 4.74 Å². The maximum atomic E-state index is 5.28. The summed E-state index contributed by atoms with van der Waals surface area (Å²) in [5.41, 5.74) is 0. The fraction of sp³-hybridized carbons (Fsp3) is 1.00. The van der Waals surface area contributed by atoms with Gasteiger partial charge >= 0.3 is 0 Å². The zero-order valence-electron chi connectivity index (χ0n) is 11.6. The summed E-state index contributed by atoms with van der Waals surface area (Å²) in [6.45, 7) is 11.6. The summed E-state index contributed by atoms with van der Waals surface area (Å²) in [5.74, 6) is 0. The molecule has 0 aromatic carbocycles. The Morgan fingerprint density at radius 1 is 1.12 bits per heavy atom. The Balaban J connectivity index is 3.30. The second-order valence-electron chi connectivity index (χ2n) is 4.25. The van der Waals surface area contributed by atoms with Gasteiger partial charge in [-0.1, -0.05) is 13.8 Å². The third-order valence-electron chi connectivity index (χ3n) is 3.05. The molecule has 3 nitrogen and oxygen atoms in total. The Labute approximate surface area is 102 Å². The first-order valence-corrected chi connectivity index (χ1v) is 6.74. The second kappa shape index (κ2) is 11.4. The number of hydrogen-bond donors (Lipinski definition) is 1. The van der Waals surface area contributed by atoms with Crippen molar-refractivity contribution in [2.45, 2.75) is 46.1 Å². The largest absolute Gasteiger partial charge is 0.382 e. The van der Waals surface area contributed by atoms with Crippen molar-refractivity contribution in [2.75, 3.05) is 39.9 Å². The highest BCUT2D eigenvalue weighted by atomic mass is 16.5. The molecule has 0 fully saturated rings. The molecule has 0 aromatic rings. The molecule has 98 valence electrons. The molecule has 3 heteroatoms. The van der Waals surface area contributed by atoms with E-state index in [-0.39, 0.29) is 0 Å². The van der Waals surface area contributed by atoms with Crippen LogP contribution in [-0.4, -0.2) is 50.8 Å². The average Bonchev–Trinajstić information content (AvgIpc) is 2.29. The third kappa shape index (κ3) is 8.08. The van der Waals surface area contributed by atoms with Crippen molar-refractivity contribution in [1.82, 2.24) is 10.2 Å². The number of hydrogen-bond acceptors (Lipinski definition) is 3. The normalized spacial score (nSPS) is 11.6. The minimum absolute atomic E-state index is 0.741. The van der Waals surface area contributed by atoms with Crippen LogP contribution < -0.4 is 5.32 Å². The average molecular weight is 230 g/mol. The molecule has 0 spiro atoms. The summed E-state index contributed by atoms with van der Waals surface area (Å²) in [4.78, 5) is 2.45. The fourth-order valence-electron chi connectivity index (χ4n) is 1.92. The molecule has 1 N–H and O–H groups in total. The van der Waals surface area contributed by atoms with E-state index in [9.17, 15) is 0 Å². The first kappa shape index (κ1) is 15.9. The molecule has 16 heavy (non-hydrogen) atoms. The summed E-state index contributed by atoms with van der Waals surface area (Å²) in [6.07, 6.45) is 3.61. The Morgan fingerprint density at radius 3 is 2.38 bits per heavy atom. The van der Waals surface area contributed by atoms with E-state index in [1.807, 2.05) is 6.92 Å². The van der Waals surface area contributed by atoms with Crippen LogP contribution in [0.4, 0.5) is 0 Å². The highest BCUT2D eigenvalue weighted by Gasteiger charge is 2.08. The smallest absolute Gasteiger partial charge is 0.0477 e. The van der Waals surface area contributed by atoms with Gasteiger partial charge in [0.15, 0.2) is 0 Å². The number of nitrogens with zero attached hydrogens (tertiary/aromatic N) is 1. The Bertz CT molecular complexity index is 138. The van der Waals surface area contributed by atoms with Crippen molar-refractivity contribution in [3.63, 3.8) is 0 Å². The highest BCUT2D eigenvalue weighted by molar-refractivity contribution is 4.65. The van der Waals surface area contributed by atoms with Crippen molar-refractivity contribution in [2.24, 2.45) is 0 Å². The molecule has 0 aliphatic carbocycles. The topological polar surface area (TPSA) is 24.5 Å². The van der Waals surface area contributed by atoms with E-state index in [0.717, 1.165) is 45.3 Å². The SMILES string of the molecule is CCOCCCNCCN(C)C(CC)CC. The molecule has 0 amide bonds. The summed E-state index contributed by atoms with van der Waals surface area (Å²) >= 11 is 0. The molecule has 0 unspecified atom stereocenters. The van der Waals surface area contributed by atoms with Crippen LogP contribution in [0.3, 0.4) is 0 Å². The zero-order valence-corrected chi connectivity index (χ0v) is 11.6. The molecule has 0 aliphatic rings. The van der Waals surface area contributed by atoms with Crippen molar-refractivity contribution in [1.29, 1.82) is 0 Å². The summed E-state index contributed by atoms with van der Waals surface area (Å²) in [7, 11) is 2.22. The van der Waals surface area contributed by atoms with Gasteiger partial charge in [-0.05, 0) is 39.8 Å². The minimum atomic E-state index is 0.741. The van der Waals surface area contributed by atoms with E-state index in [0.29, 0.717) is 0 Å². The summed E-state index contributed by atoms with van der Waals surface area (Å²) < 4.78 is 5.28. The maximum Gasteiger partial charge on any atom is 0.0477 e. The molecular formula is C13H30N2O. The van der Waals surface area contributed by atoms with E-state index in [2.05, 4.69) is 31.1 Å². The van der Waals surface area contributed by atoms with Crippen LogP contribution in [0.1, 0.15) is 40.0 Å². The lowest BCUT2D eigenvalue weighted by atomic mass is 10.1. The van der Waals surface area contributed by atoms with Gasteiger partial charge in [0.1, 0.15) is 0 Å². The molecular weight excluding hydrogens is 200 g/mol. The molecule has 0 saturated heterocycles. The molecule has 0 heterocycles. The highest BCUT2D eigenvalue weighted by Crippen LogP contribution is 2.04. The molecule has 0 aromatic heterocycles. The van der Waals surface area contributed by atoms with Gasteiger partial charge in [-0.3, -0.25) is 0 Å². The molecule has 0 rings (SSSR count). The van der Waals surface area contributed by atoms with Gasteiger partial charge in [-0.15, -0.1) is 0 Å². The van der Waals surface area contributed by atoms with E-state index in [1.165, 1.54) is 12.8 Å². The number of ether oxygens (including phenoxy) is 1. The molecule has 0 atom stereocenters. The molecule has 0 saturated carbocycles. The van der Waals surface area contributed by atoms with Crippen LogP contribution in [0.25, 0.3) is 0 Å². The van der Waals surface area contributed by atoms with Crippen LogP contribution in [0, 0.1) is 0 Å². The van der Waals surface area contributed by atoms with E-state index >= 15 is 0 Å². The first-order valence-electron chi connectivity index (χ1n) is 6.74. The number of nitrogens with one attached hydrogen (secondary N) is 1. The van der Waals surface area contributed by atoms with Gasteiger partial charge in [0, 0.05) is 32.3 Å². The van der Waals surface area contributed by atoms with Gasteiger partial charge in [0.2, 0.25) is 0 Å². The van der Waals surface area contributed by atoms with Crippen LogP contribution >= 0.6 is 0 Å². The maximum absolute atomic E-state index is 5.28. The van der Waals surface area contributed by atoms with Gasteiger partial charge in [0.05, 0.1) is 0 Å². The molecule has 0 bridgehead atoms.